The lowest BCUT2D eigenvalue weighted by molar-refractivity contribution is 0.0945. The van der Waals surface area contributed by atoms with E-state index < -0.39 is 15.9 Å². The summed E-state index contributed by atoms with van der Waals surface area (Å²) in [5.74, 6) is -0.729. The fraction of sp³-hybridized carbons (Fsp3) is 0. The van der Waals surface area contributed by atoms with Crippen molar-refractivity contribution in [2.45, 2.75) is 4.90 Å². The fourth-order valence-electron chi connectivity index (χ4n) is 1.43. The van der Waals surface area contributed by atoms with Gasteiger partial charge in [0.2, 0.25) is 0 Å². The Bertz CT molecular complexity index is 810. The van der Waals surface area contributed by atoms with Gasteiger partial charge in [-0.25, -0.2) is 13.4 Å². The van der Waals surface area contributed by atoms with Crippen LogP contribution in [0.15, 0.2) is 41.4 Å². The molecule has 0 spiro atoms. The van der Waals surface area contributed by atoms with Crippen LogP contribution in [0.2, 0.25) is 15.2 Å². The molecule has 0 atom stereocenters. The number of benzene rings is 1. The summed E-state index contributed by atoms with van der Waals surface area (Å²) >= 11 is 17.2. The zero-order chi connectivity index (χ0) is 16.3. The summed E-state index contributed by atoms with van der Waals surface area (Å²) in [7, 11) is -3.97. The molecule has 0 radical (unpaired) electrons. The zero-order valence-electron chi connectivity index (χ0n) is 10.7. The maximum absolute atomic E-state index is 12.0. The number of nitrogens with zero attached hydrogens (tertiary/aromatic N) is 1. The number of halogens is 3. The van der Waals surface area contributed by atoms with Crippen LogP contribution in [0.5, 0.6) is 0 Å². The van der Waals surface area contributed by atoms with Gasteiger partial charge < -0.3 is 0 Å². The number of aromatic nitrogens is 1. The number of rotatable bonds is 4. The topological polar surface area (TPSA) is 88.2 Å². The van der Waals surface area contributed by atoms with Crippen LogP contribution in [-0.2, 0) is 10.0 Å². The van der Waals surface area contributed by atoms with E-state index >= 15 is 0 Å². The molecule has 10 heteroatoms. The summed E-state index contributed by atoms with van der Waals surface area (Å²) in [6.07, 6.45) is 1.06. The van der Waals surface area contributed by atoms with Gasteiger partial charge in [-0.05, 0) is 30.3 Å². The van der Waals surface area contributed by atoms with Gasteiger partial charge in [-0.3, -0.25) is 10.2 Å². The van der Waals surface area contributed by atoms with Crippen molar-refractivity contribution in [1.82, 2.24) is 15.2 Å². The first kappa shape index (κ1) is 17.0. The Morgan fingerprint density at radius 2 is 1.82 bits per heavy atom. The normalized spacial score (nSPS) is 11.2. The van der Waals surface area contributed by atoms with Crippen LogP contribution in [0, 0.1) is 0 Å². The average molecular weight is 381 g/mol. The smallest absolute Gasteiger partial charge is 0.267 e. The third-order valence-corrected chi connectivity index (χ3v) is 4.49. The van der Waals surface area contributed by atoms with Crippen LogP contribution < -0.4 is 10.3 Å². The molecule has 22 heavy (non-hydrogen) atoms. The summed E-state index contributed by atoms with van der Waals surface area (Å²) in [6, 6.07) is 6.76. The van der Waals surface area contributed by atoms with Crippen LogP contribution in [0.3, 0.4) is 0 Å². The molecule has 6 nitrogen and oxygen atoms in total. The minimum atomic E-state index is -3.97. The van der Waals surface area contributed by atoms with Crippen molar-refractivity contribution in [3.63, 3.8) is 0 Å². The van der Waals surface area contributed by atoms with E-state index in [1.165, 1.54) is 30.3 Å². The van der Waals surface area contributed by atoms with Crippen molar-refractivity contribution in [3.05, 3.63) is 57.3 Å². The molecule has 0 aliphatic carbocycles. The molecule has 0 saturated carbocycles. The van der Waals surface area contributed by atoms with Crippen molar-refractivity contribution in [1.29, 1.82) is 0 Å². The molecule has 1 heterocycles. The number of sulfonamides is 1. The minimum absolute atomic E-state index is 0.0722. The van der Waals surface area contributed by atoms with E-state index in [0.29, 0.717) is 5.02 Å². The quantitative estimate of drug-likeness (QED) is 0.630. The van der Waals surface area contributed by atoms with Gasteiger partial charge in [0.05, 0.1) is 10.6 Å². The standard InChI is InChI=1S/C12H8Cl3N3O3S/c13-7-1-3-9(10(14)5-7)12(19)17-18-22(20,21)8-2-4-11(15)16-6-8/h1-6,18H,(H,17,19). The largest absolute Gasteiger partial charge is 0.273 e. The highest BCUT2D eigenvalue weighted by atomic mass is 35.5. The summed E-state index contributed by atoms with van der Waals surface area (Å²) in [5, 5.41) is 0.600. The first-order chi connectivity index (χ1) is 10.3. The van der Waals surface area contributed by atoms with Gasteiger partial charge in [-0.2, -0.15) is 0 Å². The van der Waals surface area contributed by atoms with Crippen molar-refractivity contribution in [2.24, 2.45) is 0 Å². The molecule has 0 saturated heterocycles. The maximum atomic E-state index is 12.0. The first-order valence-electron chi connectivity index (χ1n) is 5.68. The van der Waals surface area contributed by atoms with Gasteiger partial charge in [-0.1, -0.05) is 34.8 Å². The second-order valence-electron chi connectivity index (χ2n) is 4.00. The molecule has 1 aromatic carbocycles. The number of carbonyl (C=O) groups is 1. The zero-order valence-corrected chi connectivity index (χ0v) is 13.8. The van der Waals surface area contributed by atoms with E-state index in [0.717, 1.165) is 6.20 Å². The van der Waals surface area contributed by atoms with Gasteiger partial charge in [0.15, 0.2) is 0 Å². The van der Waals surface area contributed by atoms with E-state index in [9.17, 15) is 13.2 Å². The highest BCUT2D eigenvalue weighted by Gasteiger charge is 2.17. The Morgan fingerprint density at radius 1 is 1.09 bits per heavy atom. The van der Waals surface area contributed by atoms with Crippen LogP contribution in [-0.4, -0.2) is 19.3 Å². The van der Waals surface area contributed by atoms with E-state index in [4.69, 9.17) is 34.8 Å². The predicted molar refractivity (Wildman–Crippen MR) is 83.5 cm³/mol. The molecule has 0 aliphatic rings. The SMILES string of the molecule is O=C(NNS(=O)(=O)c1ccc(Cl)nc1)c1ccc(Cl)cc1Cl. The number of hydrazine groups is 1. The molecule has 116 valence electrons. The minimum Gasteiger partial charge on any atom is -0.273 e. The van der Waals surface area contributed by atoms with Crippen molar-refractivity contribution in [3.8, 4) is 0 Å². The number of pyridine rings is 1. The number of hydrogen-bond donors (Lipinski definition) is 2. The molecule has 1 aromatic heterocycles. The number of nitrogens with one attached hydrogen (secondary N) is 2. The van der Waals surface area contributed by atoms with Crippen LogP contribution in [0.4, 0.5) is 0 Å². The van der Waals surface area contributed by atoms with Crippen LogP contribution in [0.25, 0.3) is 0 Å². The van der Waals surface area contributed by atoms with Crippen LogP contribution in [0.1, 0.15) is 10.4 Å². The van der Waals surface area contributed by atoms with E-state index in [1.807, 2.05) is 10.3 Å². The number of carbonyl (C=O) groups excluding carboxylic acids is 1. The van der Waals surface area contributed by atoms with Crippen molar-refractivity contribution >= 4 is 50.7 Å². The highest BCUT2D eigenvalue weighted by molar-refractivity contribution is 7.89. The molecule has 0 fully saturated rings. The molecule has 0 unspecified atom stereocenters. The fourth-order valence-corrected chi connectivity index (χ4v) is 2.82. The lowest BCUT2D eigenvalue weighted by Gasteiger charge is -2.09. The Morgan fingerprint density at radius 3 is 2.41 bits per heavy atom. The van der Waals surface area contributed by atoms with E-state index in [2.05, 4.69) is 4.98 Å². The molecule has 0 bridgehead atoms. The van der Waals surface area contributed by atoms with Gasteiger partial charge in [0.1, 0.15) is 10.0 Å². The first-order valence-corrected chi connectivity index (χ1v) is 8.30. The van der Waals surface area contributed by atoms with E-state index in [1.54, 1.807) is 0 Å². The van der Waals surface area contributed by atoms with Crippen molar-refractivity contribution in [2.75, 3.05) is 0 Å². The van der Waals surface area contributed by atoms with Gasteiger partial charge in [-0.15, -0.1) is 4.83 Å². The molecule has 2 aromatic rings. The second-order valence-corrected chi connectivity index (χ2v) is 6.91. The monoisotopic (exact) mass is 379 g/mol. The average Bonchev–Trinajstić information content (AvgIpc) is 2.45. The highest BCUT2D eigenvalue weighted by Crippen LogP contribution is 2.20. The number of amides is 1. The summed E-state index contributed by atoms with van der Waals surface area (Å²) in [6.45, 7) is 0. The van der Waals surface area contributed by atoms with Gasteiger partial charge in [0.25, 0.3) is 15.9 Å². The third-order valence-electron chi connectivity index (χ3n) is 2.49. The predicted octanol–water partition coefficient (Wildman–Crippen LogP) is 2.67. The molecule has 0 aliphatic heterocycles. The molecular formula is C12H8Cl3N3O3S. The third kappa shape index (κ3) is 4.08. The Hall–Kier alpha value is -1.38. The Labute approximate surface area is 141 Å². The number of hydrogen-bond acceptors (Lipinski definition) is 4. The lowest BCUT2D eigenvalue weighted by Crippen LogP contribution is -2.41. The molecule has 1 amide bonds. The van der Waals surface area contributed by atoms with Crippen molar-refractivity contribution < 1.29 is 13.2 Å². The van der Waals surface area contributed by atoms with E-state index in [-0.39, 0.29) is 20.6 Å². The summed E-state index contributed by atoms with van der Waals surface area (Å²) in [5.41, 5.74) is 2.12. The lowest BCUT2D eigenvalue weighted by atomic mass is 10.2. The van der Waals surface area contributed by atoms with Gasteiger partial charge in [0, 0.05) is 11.2 Å². The maximum Gasteiger partial charge on any atom is 0.267 e. The summed E-state index contributed by atoms with van der Waals surface area (Å²) in [4.78, 5) is 17.3. The molecule has 2 rings (SSSR count). The Kier molecular flexibility index (Phi) is 5.25. The van der Waals surface area contributed by atoms with Gasteiger partial charge >= 0.3 is 0 Å². The van der Waals surface area contributed by atoms with Crippen LogP contribution >= 0.6 is 34.8 Å². The Balaban J connectivity index is 2.11. The summed E-state index contributed by atoms with van der Waals surface area (Å²) < 4.78 is 23.9. The molecule has 2 N–H and O–H groups in total. The molecular weight excluding hydrogens is 373 g/mol. The second kappa shape index (κ2) is 6.80.